The Kier molecular flexibility index (Phi) is 6.73. The zero-order chi connectivity index (χ0) is 18.9. The van der Waals surface area contributed by atoms with Crippen LogP contribution in [0.15, 0.2) is 54.6 Å². The second-order valence-corrected chi connectivity index (χ2v) is 5.12. The van der Waals surface area contributed by atoms with Crippen molar-refractivity contribution >= 4 is 17.8 Å². The standard InChI is InChI=1S/C19H19NO6/c1-3-25-18(22)16(17(21)13-9-11-14(24-2)12-10-13)20-19(23)26-15-7-5-4-6-8-15/h4-12,16H,3H2,1-2H3,(H,20,23). The minimum absolute atomic E-state index is 0.0701. The maximum absolute atomic E-state index is 12.6. The van der Waals surface area contributed by atoms with Gasteiger partial charge < -0.3 is 19.5 Å². The maximum atomic E-state index is 12.6. The molecule has 7 heteroatoms. The molecule has 0 aliphatic carbocycles. The lowest BCUT2D eigenvalue weighted by Crippen LogP contribution is -2.48. The topological polar surface area (TPSA) is 90.9 Å². The van der Waals surface area contributed by atoms with Crippen molar-refractivity contribution in [2.45, 2.75) is 13.0 Å². The van der Waals surface area contributed by atoms with Crippen molar-refractivity contribution in [1.29, 1.82) is 0 Å². The summed E-state index contributed by atoms with van der Waals surface area (Å²) >= 11 is 0. The van der Waals surface area contributed by atoms with Gasteiger partial charge in [0, 0.05) is 5.56 Å². The molecule has 7 nitrogen and oxygen atoms in total. The monoisotopic (exact) mass is 357 g/mol. The summed E-state index contributed by atoms with van der Waals surface area (Å²) in [4.78, 5) is 36.8. The molecule has 2 rings (SSSR count). The van der Waals surface area contributed by atoms with E-state index in [0.29, 0.717) is 5.75 Å². The number of carbonyl (C=O) groups excluding carboxylic acids is 3. The lowest BCUT2D eigenvalue weighted by molar-refractivity contribution is -0.144. The molecule has 1 N–H and O–H groups in total. The van der Waals surface area contributed by atoms with Crippen LogP contribution in [0.1, 0.15) is 17.3 Å². The molecule has 1 atom stereocenters. The summed E-state index contributed by atoms with van der Waals surface area (Å²) in [5.41, 5.74) is 0.226. The predicted molar refractivity (Wildman–Crippen MR) is 93.3 cm³/mol. The first-order valence-electron chi connectivity index (χ1n) is 7.93. The molecule has 2 aromatic rings. The van der Waals surface area contributed by atoms with Gasteiger partial charge in [-0.25, -0.2) is 9.59 Å². The van der Waals surface area contributed by atoms with Crippen LogP contribution in [0.4, 0.5) is 4.79 Å². The summed E-state index contributed by atoms with van der Waals surface area (Å²) in [6, 6.07) is 12.9. The van der Waals surface area contributed by atoms with Crippen molar-refractivity contribution in [3.8, 4) is 11.5 Å². The normalized spacial score (nSPS) is 11.2. The molecule has 0 spiro atoms. The first-order chi connectivity index (χ1) is 12.5. The third-order valence-electron chi connectivity index (χ3n) is 3.37. The van der Waals surface area contributed by atoms with Crippen LogP contribution in [0.25, 0.3) is 0 Å². The molecule has 136 valence electrons. The van der Waals surface area contributed by atoms with Crippen LogP contribution < -0.4 is 14.8 Å². The van der Waals surface area contributed by atoms with Gasteiger partial charge in [-0.15, -0.1) is 0 Å². The Morgan fingerprint density at radius 2 is 1.62 bits per heavy atom. The van der Waals surface area contributed by atoms with Crippen LogP contribution in [0, 0.1) is 0 Å². The quantitative estimate of drug-likeness (QED) is 0.465. The van der Waals surface area contributed by atoms with Crippen LogP contribution in [0.2, 0.25) is 0 Å². The second-order valence-electron chi connectivity index (χ2n) is 5.12. The summed E-state index contributed by atoms with van der Waals surface area (Å²) in [5, 5.41) is 2.26. The van der Waals surface area contributed by atoms with Crippen molar-refractivity contribution in [1.82, 2.24) is 5.32 Å². The number of hydrogen-bond acceptors (Lipinski definition) is 6. The van der Waals surface area contributed by atoms with Gasteiger partial charge in [-0.05, 0) is 43.3 Å². The van der Waals surface area contributed by atoms with Crippen molar-refractivity contribution < 1.29 is 28.6 Å². The molecule has 0 saturated carbocycles. The number of hydrogen-bond donors (Lipinski definition) is 1. The van der Waals surface area contributed by atoms with Crippen molar-refractivity contribution in [3.63, 3.8) is 0 Å². The summed E-state index contributed by atoms with van der Waals surface area (Å²) < 4.78 is 15.0. The van der Waals surface area contributed by atoms with Crippen LogP contribution in [-0.4, -0.2) is 37.6 Å². The molecule has 0 fully saturated rings. The Balaban J connectivity index is 2.15. The third-order valence-corrected chi connectivity index (χ3v) is 3.37. The predicted octanol–water partition coefficient (Wildman–Crippen LogP) is 2.60. The Hall–Kier alpha value is -3.35. The smallest absolute Gasteiger partial charge is 0.413 e. The lowest BCUT2D eigenvalue weighted by atomic mass is 10.0. The SMILES string of the molecule is CCOC(=O)C(NC(=O)Oc1ccccc1)C(=O)c1ccc(OC)cc1. The fourth-order valence-electron chi connectivity index (χ4n) is 2.12. The minimum Gasteiger partial charge on any atom is -0.497 e. The highest BCUT2D eigenvalue weighted by atomic mass is 16.6. The Morgan fingerprint density at radius 1 is 0.962 bits per heavy atom. The number of ether oxygens (including phenoxy) is 3. The van der Waals surface area contributed by atoms with Gasteiger partial charge in [-0.1, -0.05) is 18.2 Å². The number of amides is 1. The van der Waals surface area contributed by atoms with E-state index in [0.717, 1.165) is 0 Å². The molecule has 0 aliphatic rings. The van der Waals surface area contributed by atoms with Crippen molar-refractivity contribution in [2.24, 2.45) is 0 Å². The average molecular weight is 357 g/mol. The van der Waals surface area contributed by atoms with Gasteiger partial charge in [-0.3, -0.25) is 4.79 Å². The molecular formula is C19H19NO6. The molecule has 0 heterocycles. The highest BCUT2D eigenvalue weighted by Crippen LogP contribution is 2.14. The molecule has 1 unspecified atom stereocenters. The van der Waals surface area contributed by atoms with Gasteiger partial charge in [-0.2, -0.15) is 0 Å². The number of ketones is 1. The van der Waals surface area contributed by atoms with Crippen molar-refractivity contribution in [2.75, 3.05) is 13.7 Å². The summed E-state index contributed by atoms with van der Waals surface area (Å²) in [6.07, 6.45) is -0.934. The van der Waals surface area contributed by atoms with E-state index < -0.39 is 23.9 Å². The number of Topliss-reactive ketones (excluding diaryl/α,β-unsaturated/α-hetero) is 1. The van der Waals surface area contributed by atoms with Gasteiger partial charge in [0.2, 0.25) is 0 Å². The third kappa shape index (κ3) is 5.07. The molecule has 0 aromatic heterocycles. The molecule has 26 heavy (non-hydrogen) atoms. The van der Waals surface area contributed by atoms with Gasteiger partial charge in [0.25, 0.3) is 0 Å². The molecule has 0 bridgehead atoms. The summed E-state index contributed by atoms with van der Waals surface area (Å²) in [5.74, 6) is -0.635. The van der Waals surface area contributed by atoms with Crippen LogP contribution >= 0.6 is 0 Å². The fourth-order valence-corrected chi connectivity index (χ4v) is 2.12. The van der Waals surface area contributed by atoms with Gasteiger partial charge in [0.15, 0.2) is 11.8 Å². The van der Waals surface area contributed by atoms with E-state index >= 15 is 0 Å². The molecule has 0 aliphatic heterocycles. The van der Waals surface area contributed by atoms with Gasteiger partial charge in [0.05, 0.1) is 13.7 Å². The number of rotatable bonds is 7. The lowest BCUT2D eigenvalue weighted by Gasteiger charge is -2.16. The number of nitrogens with one attached hydrogen (secondary N) is 1. The Bertz CT molecular complexity index is 757. The number of esters is 1. The van der Waals surface area contributed by atoms with Crippen LogP contribution in [0.5, 0.6) is 11.5 Å². The average Bonchev–Trinajstić information content (AvgIpc) is 2.66. The highest BCUT2D eigenvalue weighted by Gasteiger charge is 2.31. The van der Waals surface area contributed by atoms with Crippen molar-refractivity contribution in [3.05, 3.63) is 60.2 Å². The van der Waals surface area contributed by atoms with Crippen LogP contribution in [0.3, 0.4) is 0 Å². The summed E-state index contributed by atoms with van der Waals surface area (Å²) in [6.45, 7) is 1.68. The number of benzene rings is 2. The van der Waals surface area contributed by atoms with E-state index in [2.05, 4.69) is 5.32 Å². The number of para-hydroxylation sites is 1. The molecule has 2 aromatic carbocycles. The van der Waals surface area contributed by atoms with E-state index in [1.54, 1.807) is 49.4 Å². The van der Waals surface area contributed by atoms with E-state index in [-0.39, 0.29) is 17.9 Å². The van der Waals surface area contributed by atoms with E-state index in [9.17, 15) is 14.4 Å². The first-order valence-corrected chi connectivity index (χ1v) is 7.93. The molecule has 1 amide bonds. The zero-order valence-electron chi connectivity index (χ0n) is 14.4. The van der Waals surface area contributed by atoms with Gasteiger partial charge in [0.1, 0.15) is 11.5 Å². The van der Waals surface area contributed by atoms with Gasteiger partial charge >= 0.3 is 12.1 Å². The number of methoxy groups -OCH3 is 1. The minimum atomic E-state index is -1.51. The van der Waals surface area contributed by atoms with E-state index in [1.807, 2.05) is 0 Å². The molecule has 0 radical (unpaired) electrons. The first kappa shape index (κ1) is 19.0. The molecular weight excluding hydrogens is 338 g/mol. The zero-order valence-corrected chi connectivity index (χ0v) is 14.4. The largest absolute Gasteiger partial charge is 0.497 e. The maximum Gasteiger partial charge on any atom is 0.413 e. The van der Waals surface area contributed by atoms with E-state index in [4.69, 9.17) is 14.2 Å². The Morgan fingerprint density at radius 3 is 2.19 bits per heavy atom. The Labute approximate surface area is 150 Å². The van der Waals surface area contributed by atoms with Crippen LogP contribution in [-0.2, 0) is 9.53 Å². The number of carbonyl (C=O) groups is 3. The molecule has 0 saturated heterocycles. The highest BCUT2D eigenvalue weighted by molar-refractivity contribution is 6.13. The second kappa shape index (κ2) is 9.22. The summed E-state index contributed by atoms with van der Waals surface area (Å²) in [7, 11) is 1.50. The van der Waals surface area contributed by atoms with E-state index in [1.165, 1.54) is 19.2 Å². The fraction of sp³-hybridized carbons (Fsp3) is 0.211.